The van der Waals surface area contributed by atoms with Gasteiger partial charge in [0.1, 0.15) is 18.8 Å². The highest BCUT2D eigenvalue weighted by atomic mass is 16.7. The van der Waals surface area contributed by atoms with Crippen LogP contribution in [0.1, 0.15) is 32.7 Å². The molecule has 0 bridgehead atoms. The van der Waals surface area contributed by atoms with Gasteiger partial charge in [-0.2, -0.15) is 5.26 Å². The molecule has 2 rings (SSSR count). The predicted octanol–water partition coefficient (Wildman–Crippen LogP) is -0.0131. The predicted molar refractivity (Wildman–Crippen MR) is 85.2 cm³/mol. The Hall–Kier alpha value is -3.53. The summed E-state index contributed by atoms with van der Waals surface area (Å²) < 4.78 is 21.9. The summed E-state index contributed by atoms with van der Waals surface area (Å²) in [6, 6.07) is 1.64. The monoisotopic (exact) mass is 396 g/mol. The number of rotatable bonds is 6. The van der Waals surface area contributed by atoms with E-state index >= 15 is 0 Å². The van der Waals surface area contributed by atoms with Gasteiger partial charge in [-0.1, -0.05) is 0 Å². The summed E-state index contributed by atoms with van der Waals surface area (Å²) >= 11 is 0. The normalized spacial score (nSPS) is 23.5. The fraction of sp³-hybridized carbons (Fsp3) is 0.533. The lowest BCUT2D eigenvalue weighted by atomic mass is 10.1. The van der Waals surface area contributed by atoms with Crippen molar-refractivity contribution in [1.29, 1.82) is 5.26 Å². The van der Waals surface area contributed by atoms with Crippen LogP contribution in [0.4, 0.5) is 5.82 Å². The number of ether oxygens (including phenoxy) is 4. The van der Waals surface area contributed by atoms with E-state index in [9.17, 15) is 29.8 Å². The number of carbonyl (C=O) groups excluding carboxylic acids is 3. The van der Waals surface area contributed by atoms with Crippen LogP contribution in [-0.4, -0.2) is 57.3 Å². The summed E-state index contributed by atoms with van der Waals surface area (Å²) in [4.78, 5) is 47.9. The number of hydrogen-bond acceptors (Lipinski definition) is 11. The number of aromatic nitrogens is 2. The van der Waals surface area contributed by atoms with Crippen molar-refractivity contribution in [2.45, 2.75) is 45.3 Å². The van der Waals surface area contributed by atoms with Gasteiger partial charge in [0.05, 0.1) is 0 Å². The van der Waals surface area contributed by atoms with Crippen molar-refractivity contribution in [3.05, 3.63) is 22.1 Å². The molecule has 0 unspecified atom stereocenters. The third kappa shape index (κ3) is 4.41. The average Bonchev–Trinajstić information content (AvgIpc) is 3.14. The lowest BCUT2D eigenvalue weighted by molar-refractivity contribution is -0.389. The van der Waals surface area contributed by atoms with Crippen LogP contribution in [0.2, 0.25) is 0 Å². The number of esters is 3. The number of nitro groups is 1. The first kappa shape index (κ1) is 20.8. The molecule has 1 fully saturated rings. The summed E-state index contributed by atoms with van der Waals surface area (Å²) in [6.07, 6.45) is -3.85. The molecule has 1 saturated heterocycles. The molecule has 0 radical (unpaired) electrons. The van der Waals surface area contributed by atoms with Crippen LogP contribution in [0.5, 0.6) is 0 Å². The second-order valence-electron chi connectivity index (χ2n) is 5.71. The Balaban J connectivity index is 2.47. The smallest absolute Gasteiger partial charge is 0.400 e. The summed E-state index contributed by atoms with van der Waals surface area (Å²) in [5, 5.41) is 20.3. The van der Waals surface area contributed by atoms with Crippen molar-refractivity contribution >= 4 is 23.7 Å². The van der Waals surface area contributed by atoms with Gasteiger partial charge in [-0.05, 0) is 9.91 Å². The lowest BCUT2D eigenvalue weighted by Gasteiger charge is -2.23. The molecular formula is C15H16N4O9. The SMILES string of the molecule is CC(=O)OC[C@@H]1O[C@@H](n2cnc([N+](=O)[O-])c2C#N)[C@@H](OC(C)=O)[C@H]1OC(C)=O. The average molecular weight is 396 g/mol. The molecule has 0 aliphatic carbocycles. The molecule has 0 N–H and O–H groups in total. The topological polar surface area (TPSA) is 173 Å². The number of carbonyl (C=O) groups is 3. The van der Waals surface area contributed by atoms with Crippen LogP contribution < -0.4 is 0 Å². The maximum absolute atomic E-state index is 11.5. The third-order valence-corrected chi connectivity index (χ3v) is 3.67. The fourth-order valence-electron chi connectivity index (χ4n) is 2.70. The fourth-order valence-corrected chi connectivity index (χ4v) is 2.70. The van der Waals surface area contributed by atoms with Crippen LogP contribution in [-0.2, 0) is 33.3 Å². The molecule has 1 aliphatic rings. The highest BCUT2D eigenvalue weighted by Gasteiger charge is 2.51. The van der Waals surface area contributed by atoms with Gasteiger partial charge in [0, 0.05) is 20.8 Å². The molecule has 2 heterocycles. The standard InChI is InChI=1S/C15H16N4O9/c1-7(20)25-5-11-12(26-8(2)21)13(27-9(3)22)15(28-11)18-6-17-14(19(23)24)10(18)4-16/h6,11-13,15H,5H2,1-3H3/t11-,12-,13-,15+/m0/s1. The van der Waals surface area contributed by atoms with Crippen molar-refractivity contribution in [3.8, 4) is 6.07 Å². The van der Waals surface area contributed by atoms with Crippen LogP contribution in [0.3, 0.4) is 0 Å². The number of nitriles is 1. The van der Waals surface area contributed by atoms with E-state index in [0.29, 0.717) is 0 Å². The number of nitrogens with zero attached hydrogens (tertiary/aromatic N) is 4. The number of hydrogen-bond donors (Lipinski definition) is 0. The molecule has 1 aliphatic heterocycles. The lowest BCUT2D eigenvalue weighted by Crippen LogP contribution is -2.40. The first-order valence-corrected chi connectivity index (χ1v) is 7.90. The van der Waals surface area contributed by atoms with Gasteiger partial charge < -0.3 is 29.1 Å². The molecule has 0 amide bonds. The van der Waals surface area contributed by atoms with Gasteiger partial charge in [-0.3, -0.25) is 19.0 Å². The van der Waals surface area contributed by atoms with Gasteiger partial charge >= 0.3 is 23.7 Å². The summed E-state index contributed by atoms with van der Waals surface area (Å²) in [5.74, 6) is -2.83. The Bertz CT molecular complexity index is 843. The Morgan fingerprint density at radius 2 is 1.86 bits per heavy atom. The van der Waals surface area contributed by atoms with Crippen LogP contribution >= 0.6 is 0 Å². The molecule has 13 nitrogen and oxygen atoms in total. The zero-order valence-electron chi connectivity index (χ0n) is 15.1. The molecule has 150 valence electrons. The van der Waals surface area contributed by atoms with Gasteiger partial charge in [0.15, 0.2) is 18.4 Å². The van der Waals surface area contributed by atoms with Gasteiger partial charge in [-0.15, -0.1) is 0 Å². The van der Waals surface area contributed by atoms with E-state index in [1.54, 1.807) is 6.07 Å². The van der Waals surface area contributed by atoms with E-state index in [2.05, 4.69) is 4.98 Å². The minimum atomic E-state index is -1.29. The van der Waals surface area contributed by atoms with Crippen molar-refractivity contribution in [2.24, 2.45) is 0 Å². The van der Waals surface area contributed by atoms with Crippen molar-refractivity contribution in [3.63, 3.8) is 0 Å². The van der Waals surface area contributed by atoms with E-state index in [1.165, 1.54) is 0 Å². The number of imidazole rings is 1. The molecule has 4 atom stereocenters. The minimum absolute atomic E-state index is 0.347. The van der Waals surface area contributed by atoms with E-state index in [-0.39, 0.29) is 6.61 Å². The molecule has 0 saturated carbocycles. The molecule has 1 aromatic heterocycles. The van der Waals surface area contributed by atoms with Crippen LogP contribution in [0.15, 0.2) is 6.33 Å². The van der Waals surface area contributed by atoms with Gasteiger partial charge in [-0.25, -0.2) is 0 Å². The van der Waals surface area contributed by atoms with Crippen molar-refractivity contribution in [2.75, 3.05) is 6.61 Å². The second kappa shape index (κ2) is 8.44. The maximum atomic E-state index is 11.5. The summed E-state index contributed by atoms with van der Waals surface area (Å²) in [5.41, 5.74) is -0.457. The quantitative estimate of drug-likeness (QED) is 0.274. The zero-order chi connectivity index (χ0) is 21.0. The minimum Gasteiger partial charge on any atom is -0.463 e. The van der Waals surface area contributed by atoms with Crippen molar-refractivity contribution in [1.82, 2.24) is 9.55 Å². The highest BCUT2D eigenvalue weighted by Crippen LogP contribution is 2.36. The first-order chi connectivity index (χ1) is 13.1. The third-order valence-electron chi connectivity index (χ3n) is 3.67. The van der Waals surface area contributed by atoms with E-state index in [0.717, 1.165) is 31.7 Å². The zero-order valence-corrected chi connectivity index (χ0v) is 15.1. The van der Waals surface area contributed by atoms with E-state index in [1.807, 2.05) is 0 Å². The Morgan fingerprint density at radius 1 is 1.25 bits per heavy atom. The molecular weight excluding hydrogens is 380 g/mol. The molecule has 28 heavy (non-hydrogen) atoms. The first-order valence-electron chi connectivity index (χ1n) is 7.90. The van der Waals surface area contributed by atoms with Crippen LogP contribution in [0, 0.1) is 21.4 Å². The Kier molecular flexibility index (Phi) is 6.26. The van der Waals surface area contributed by atoms with E-state index < -0.39 is 58.9 Å². The molecule has 13 heteroatoms. The van der Waals surface area contributed by atoms with Crippen molar-refractivity contribution < 1.29 is 38.3 Å². The summed E-state index contributed by atoms with van der Waals surface area (Å²) in [7, 11) is 0. The van der Waals surface area contributed by atoms with Crippen LogP contribution in [0.25, 0.3) is 0 Å². The second-order valence-corrected chi connectivity index (χ2v) is 5.71. The van der Waals surface area contributed by atoms with Gasteiger partial charge in [0.25, 0.3) is 0 Å². The Morgan fingerprint density at radius 3 is 2.36 bits per heavy atom. The maximum Gasteiger partial charge on any atom is 0.400 e. The largest absolute Gasteiger partial charge is 0.463 e. The molecule has 1 aromatic rings. The van der Waals surface area contributed by atoms with E-state index in [4.69, 9.17) is 18.9 Å². The summed E-state index contributed by atoms with van der Waals surface area (Å²) in [6.45, 7) is 3.02. The molecule has 0 aromatic carbocycles. The molecule has 0 spiro atoms. The van der Waals surface area contributed by atoms with Gasteiger partial charge in [0.2, 0.25) is 12.0 Å². The highest BCUT2D eigenvalue weighted by molar-refractivity contribution is 5.68. The Labute approximate surface area is 157 Å².